The minimum atomic E-state index is -0.357. The second-order valence-electron chi connectivity index (χ2n) is 5.17. The maximum Gasteiger partial charge on any atom is 0.164 e. The van der Waals surface area contributed by atoms with Gasteiger partial charge in [-0.05, 0) is 33.1 Å². The van der Waals surface area contributed by atoms with E-state index in [9.17, 15) is 0 Å². The number of hydrogen-bond donors (Lipinski definition) is 0. The first kappa shape index (κ1) is 10.4. The van der Waals surface area contributed by atoms with Gasteiger partial charge in [0.1, 0.15) is 0 Å². The van der Waals surface area contributed by atoms with E-state index in [0.717, 1.165) is 6.42 Å². The molecule has 2 nitrogen and oxygen atoms in total. The lowest BCUT2D eigenvalue weighted by Crippen LogP contribution is -2.42. The van der Waals surface area contributed by atoms with Crippen molar-refractivity contribution in [2.45, 2.75) is 76.8 Å². The lowest BCUT2D eigenvalue weighted by atomic mass is 9.79. The predicted octanol–water partition coefficient (Wildman–Crippen LogP) is 3.25. The third-order valence-electron chi connectivity index (χ3n) is 3.45. The Bertz CT molecular complexity index is 208. The van der Waals surface area contributed by atoms with E-state index in [2.05, 4.69) is 6.92 Å². The van der Waals surface area contributed by atoms with Crippen molar-refractivity contribution in [3.05, 3.63) is 0 Å². The summed E-state index contributed by atoms with van der Waals surface area (Å²) in [6.07, 6.45) is 7.67. The molecule has 0 aromatic rings. The monoisotopic (exact) mass is 198 g/mol. The van der Waals surface area contributed by atoms with Crippen LogP contribution in [0.5, 0.6) is 0 Å². The molecule has 0 spiro atoms. The van der Waals surface area contributed by atoms with Crippen molar-refractivity contribution in [2.75, 3.05) is 0 Å². The van der Waals surface area contributed by atoms with Crippen molar-refractivity contribution in [1.29, 1.82) is 0 Å². The van der Waals surface area contributed by atoms with Crippen LogP contribution in [0.1, 0.15) is 59.3 Å². The van der Waals surface area contributed by atoms with Gasteiger partial charge in [-0.3, -0.25) is 0 Å². The molecule has 0 amide bonds. The summed E-state index contributed by atoms with van der Waals surface area (Å²) in [6, 6.07) is 0. The van der Waals surface area contributed by atoms with Crippen LogP contribution >= 0.6 is 0 Å². The van der Waals surface area contributed by atoms with Gasteiger partial charge in [-0.15, -0.1) is 0 Å². The van der Waals surface area contributed by atoms with E-state index in [1.165, 1.54) is 32.1 Å². The summed E-state index contributed by atoms with van der Waals surface area (Å²) >= 11 is 0. The quantitative estimate of drug-likeness (QED) is 0.678. The van der Waals surface area contributed by atoms with Gasteiger partial charge < -0.3 is 9.47 Å². The van der Waals surface area contributed by atoms with Crippen LogP contribution in [0.15, 0.2) is 0 Å². The van der Waals surface area contributed by atoms with Crippen LogP contribution in [-0.2, 0) is 9.47 Å². The van der Waals surface area contributed by atoms with E-state index in [0.29, 0.717) is 6.10 Å². The van der Waals surface area contributed by atoms with Crippen LogP contribution in [0.4, 0.5) is 0 Å². The van der Waals surface area contributed by atoms with Crippen molar-refractivity contribution >= 4 is 0 Å². The maximum absolute atomic E-state index is 6.16. The first-order chi connectivity index (χ1) is 6.58. The molecule has 2 rings (SSSR count). The zero-order valence-corrected chi connectivity index (χ0v) is 9.64. The Morgan fingerprint density at radius 2 is 2.07 bits per heavy atom. The second-order valence-corrected chi connectivity index (χ2v) is 5.17. The molecular formula is C12H22O2. The van der Waals surface area contributed by atoms with E-state index < -0.39 is 0 Å². The molecule has 82 valence electrons. The van der Waals surface area contributed by atoms with Gasteiger partial charge in [-0.1, -0.05) is 26.2 Å². The lowest BCUT2D eigenvalue weighted by molar-refractivity contribution is -0.164. The van der Waals surface area contributed by atoms with Crippen molar-refractivity contribution < 1.29 is 9.47 Å². The Morgan fingerprint density at radius 3 is 2.79 bits per heavy atom. The van der Waals surface area contributed by atoms with Crippen molar-refractivity contribution in [3.63, 3.8) is 0 Å². The number of hydrogen-bond acceptors (Lipinski definition) is 2. The fourth-order valence-corrected chi connectivity index (χ4v) is 3.08. The molecule has 14 heavy (non-hydrogen) atoms. The van der Waals surface area contributed by atoms with Crippen LogP contribution in [0.25, 0.3) is 0 Å². The minimum absolute atomic E-state index is 0.0521. The average Bonchev–Trinajstić information content (AvgIpc) is 2.35. The molecule has 1 heterocycles. The van der Waals surface area contributed by atoms with E-state index in [-0.39, 0.29) is 11.4 Å². The molecule has 2 unspecified atom stereocenters. The van der Waals surface area contributed by atoms with E-state index in [4.69, 9.17) is 9.47 Å². The number of rotatable bonds is 2. The Hall–Kier alpha value is -0.0800. The highest BCUT2D eigenvalue weighted by Crippen LogP contribution is 2.47. The average molecular weight is 198 g/mol. The molecule has 0 radical (unpaired) electrons. The molecule has 1 aliphatic carbocycles. The van der Waals surface area contributed by atoms with Gasteiger partial charge in [-0.25, -0.2) is 0 Å². The van der Waals surface area contributed by atoms with Gasteiger partial charge in [0, 0.05) is 0 Å². The first-order valence-corrected chi connectivity index (χ1v) is 5.96. The zero-order valence-electron chi connectivity index (χ0n) is 9.64. The Labute approximate surface area is 87.0 Å². The molecule has 2 atom stereocenters. The van der Waals surface area contributed by atoms with Crippen LogP contribution in [0, 0.1) is 0 Å². The van der Waals surface area contributed by atoms with Gasteiger partial charge >= 0.3 is 0 Å². The molecular weight excluding hydrogens is 176 g/mol. The summed E-state index contributed by atoms with van der Waals surface area (Å²) in [5.41, 5.74) is 0.0521. The summed E-state index contributed by atoms with van der Waals surface area (Å²) in [6.45, 7) is 6.32. The van der Waals surface area contributed by atoms with E-state index in [1.807, 2.05) is 13.8 Å². The Balaban J connectivity index is 2.16. The molecule has 1 saturated carbocycles. The smallest absolute Gasteiger partial charge is 0.164 e. The highest BCUT2D eigenvalue weighted by Gasteiger charge is 2.53. The van der Waals surface area contributed by atoms with Crippen molar-refractivity contribution in [2.24, 2.45) is 0 Å². The molecule has 1 saturated heterocycles. The number of ether oxygens (including phenoxy) is 2. The molecule has 0 aromatic heterocycles. The first-order valence-electron chi connectivity index (χ1n) is 5.96. The van der Waals surface area contributed by atoms with Gasteiger partial charge in [-0.2, -0.15) is 0 Å². The second kappa shape index (κ2) is 3.49. The Kier molecular flexibility index (Phi) is 2.61. The normalized spacial score (nSPS) is 40.9. The number of fused-ring (bicyclic) bond motifs is 1. The summed E-state index contributed by atoms with van der Waals surface area (Å²) in [7, 11) is 0. The molecule has 2 aliphatic rings. The maximum atomic E-state index is 6.16. The highest BCUT2D eigenvalue weighted by molar-refractivity contribution is 4.98. The molecule has 2 heteroatoms. The topological polar surface area (TPSA) is 18.5 Å². The molecule has 0 bridgehead atoms. The summed E-state index contributed by atoms with van der Waals surface area (Å²) < 4.78 is 12.1. The standard InChI is InChI=1S/C12H22O2/c1-4-8-12-9-6-5-7-10(12)13-11(2,3)14-12/h10H,4-9H2,1-3H3. The third-order valence-corrected chi connectivity index (χ3v) is 3.45. The molecule has 0 aromatic carbocycles. The highest BCUT2D eigenvalue weighted by atomic mass is 16.8. The van der Waals surface area contributed by atoms with Gasteiger partial charge in [0.15, 0.2) is 5.79 Å². The van der Waals surface area contributed by atoms with Crippen molar-refractivity contribution in [3.8, 4) is 0 Å². The third kappa shape index (κ3) is 1.70. The zero-order chi connectivity index (χ0) is 10.2. The fraction of sp³-hybridized carbons (Fsp3) is 1.00. The molecule has 0 N–H and O–H groups in total. The van der Waals surface area contributed by atoms with E-state index >= 15 is 0 Å². The van der Waals surface area contributed by atoms with Crippen LogP contribution in [-0.4, -0.2) is 17.5 Å². The molecule has 1 aliphatic heterocycles. The largest absolute Gasteiger partial charge is 0.344 e. The van der Waals surface area contributed by atoms with Crippen LogP contribution < -0.4 is 0 Å². The van der Waals surface area contributed by atoms with E-state index in [1.54, 1.807) is 0 Å². The summed E-state index contributed by atoms with van der Waals surface area (Å²) in [5, 5.41) is 0. The van der Waals surface area contributed by atoms with Crippen LogP contribution in [0.3, 0.4) is 0 Å². The van der Waals surface area contributed by atoms with Crippen LogP contribution in [0.2, 0.25) is 0 Å². The minimum Gasteiger partial charge on any atom is -0.344 e. The fourth-order valence-electron chi connectivity index (χ4n) is 3.08. The Morgan fingerprint density at radius 1 is 1.29 bits per heavy atom. The van der Waals surface area contributed by atoms with Crippen molar-refractivity contribution in [1.82, 2.24) is 0 Å². The van der Waals surface area contributed by atoms with Gasteiger partial charge in [0.05, 0.1) is 11.7 Å². The van der Waals surface area contributed by atoms with Gasteiger partial charge in [0.25, 0.3) is 0 Å². The summed E-state index contributed by atoms with van der Waals surface area (Å²) in [4.78, 5) is 0. The summed E-state index contributed by atoms with van der Waals surface area (Å²) in [5.74, 6) is -0.357. The molecule has 2 fully saturated rings. The van der Waals surface area contributed by atoms with Gasteiger partial charge in [0.2, 0.25) is 0 Å². The predicted molar refractivity (Wildman–Crippen MR) is 56.1 cm³/mol. The SMILES string of the molecule is CCCC12CCCCC1OC(C)(C)O2. The lowest BCUT2D eigenvalue weighted by Gasteiger charge is -2.36.